The fourth-order valence-corrected chi connectivity index (χ4v) is 4.87. The number of nitrogens with one attached hydrogen (secondary N) is 2. The minimum atomic E-state index is -3.01. The number of fused-ring (bicyclic) bond motifs is 1. The standard InChI is InChI=1S/C15H20N2O3S/c18-15(12-6-8-21(19,20)10-12)17-9-14-13-4-2-1-3-11(13)5-7-16-14/h1-4,12,14,16H,5-10H2,(H,17,18)/t12-,14-/m1/s1. The fraction of sp³-hybridized carbons (Fsp3) is 0.533. The summed E-state index contributed by atoms with van der Waals surface area (Å²) in [6.45, 7) is 1.40. The lowest BCUT2D eigenvalue weighted by Crippen LogP contribution is -2.41. The Labute approximate surface area is 125 Å². The minimum Gasteiger partial charge on any atom is -0.354 e. The second-order valence-electron chi connectivity index (χ2n) is 5.80. The molecule has 0 unspecified atom stereocenters. The van der Waals surface area contributed by atoms with Gasteiger partial charge in [-0.05, 0) is 30.5 Å². The summed E-state index contributed by atoms with van der Waals surface area (Å²) in [5.74, 6) is -0.391. The lowest BCUT2D eigenvalue weighted by atomic mass is 9.94. The van der Waals surface area contributed by atoms with Crippen LogP contribution in [0.5, 0.6) is 0 Å². The Hall–Kier alpha value is -1.40. The van der Waals surface area contributed by atoms with Crippen LogP contribution in [0.2, 0.25) is 0 Å². The van der Waals surface area contributed by atoms with Gasteiger partial charge in [-0.2, -0.15) is 0 Å². The quantitative estimate of drug-likeness (QED) is 0.849. The van der Waals surface area contributed by atoms with Gasteiger partial charge in [0.1, 0.15) is 0 Å². The minimum absolute atomic E-state index is 0.00643. The normalized spacial score (nSPS) is 27.0. The zero-order valence-corrected chi connectivity index (χ0v) is 12.7. The number of carbonyl (C=O) groups is 1. The first-order chi connectivity index (χ1) is 10.1. The molecule has 1 aromatic rings. The van der Waals surface area contributed by atoms with E-state index in [1.165, 1.54) is 11.1 Å². The van der Waals surface area contributed by atoms with Crippen LogP contribution in [0.25, 0.3) is 0 Å². The van der Waals surface area contributed by atoms with Crippen LogP contribution in [0.3, 0.4) is 0 Å². The molecule has 2 heterocycles. The Morgan fingerprint density at radius 1 is 1.33 bits per heavy atom. The Morgan fingerprint density at radius 2 is 2.14 bits per heavy atom. The van der Waals surface area contributed by atoms with Crippen molar-refractivity contribution >= 4 is 15.7 Å². The summed E-state index contributed by atoms with van der Waals surface area (Å²) in [6, 6.07) is 8.34. The maximum absolute atomic E-state index is 12.1. The number of rotatable bonds is 3. The summed E-state index contributed by atoms with van der Waals surface area (Å²) in [6.07, 6.45) is 1.45. The third-order valence-corrected chi connectivity index (χ3v) is 6.07. The number of hydrogen-bond donors (Lipinski definition) is 2. The van der Waals surface area contributed by atoms with Gasteiger partial charge in [-0.25, -0.2) is 8.42 Å². The fourth-order valence-electron chi connectivity index (χ4n) is 3.12. The molecule has 6 heteroatoms. The van der Waals surface area contributed by atoms with Crippen LogP contribution in [-0.4, -0.2) is 38.9 Å². The van der Waals surface area contributed by atoms with Crippen LogP contribution in [0.1, 0.15) is 23.6 Å². The summed E-state index contributed by atoms with van der Waals surface area (Å²) < 4.78 is 22.8. The molecule has 0 spiro atoms. The predicted molar refractivity (Wildman–Crippen MR) is 80.7 cm³/mol. The van der Waals surface area contributed by atoms with Crippen molar-refractivity contribution in [2.24, 2.45) is 5.92 Å². The Kier molecular flexibility index (Phi) is 3.99. The molecule has 3 rings (SSSR count). The molecule has 5 nitrogen and oxygen atoms in total. The molecule has 114 valence electrons. The highest BCUT2D eigenvalue weighted by atomic mass is 32.2. The second-order valence-corrected chi connectivity index (χ2v) is 8.03. The van der Waals surface area contributed by atoms with Crippen LogP contribution in [0, 0.1) is 5.92 Å². The van der Waals surface area contributed by atoms with Gasteiger partial charge >= 0.3 is 0 Å². The summed E-state index contributed by atoms with van der Waals surface area (Å²) in [5, 5.41) is 6.31. The van der Waals surface area contributed by atoms with E-state index in [0.29, 0.717) is 13.0 Å². The van der Waals surface area contributed by atoms with E-state index in [1.807, 2.05) is 12.1 Å². The molecule has 0 aromatic heterocycles. The molecule has 1 amide bonds. The number of amides is 1. The first-order valence-corrected chi connectivity index (χ1v) is 9.16. The monoisotopic (exact) mass is 308 g/mol. The summed E-state index contributed by atoms with van der Waals surface area (Å²) in [5.41, 5.74) is 2.54. The van der Waals surface area contributed by atoms with E-state index in [9.17, 15) is 13.2 Å². The van der Waals surface area contributed by atoms with Crippen LogP contribution < -0.4 is 10.6 Å². The van der Waals surface area contributed by atoms with Crippen molar-refractivity contribution in [3.8, 4) is 0 Å². The average Bonchev–Trinajstić information content (AvgIpc) is 2.85. The molecule has 2 N–H and O–H groups in total. The van der Waals surface area contributed by atoms with Crippen molar-refractivity contribution in [3.63, 3.8) is 0 Å². The molecule has 0 bridgehead atoms. The molecule has 0 saturated carbocycles. The van der Waals surface area contributed by atoms with E-state index in [2.05, 4.69) is 22.8 Å². The van der Waals surface area contributed by atoms with E-state index in [-0.39, 0.29) is 29.4 Å². The highest BCUT2D eigenvalue weighted by Crippen LogP contribution is 2.23. The number of sulfone groups is 1. The molecule has 0 aliphatic carbocycles. The van der Waals surface area contributed by atoms with E-state index >= 15 is 0 Å². The van der Waals surface area contributed by atoms with Crippen molar-refractivity contribution in [1.29, 1.82) is 0 Å². The summed E-state index contributed by atoms with van der Waals surface area (Å²) in [4.78, 5) is 12.1. The predicted octanol–water partition coefficient (Wildman–Crippen LogP) is 0.424. The molecule has 21 heavy (non-hydrogen) atoms. The van der Waals surface area contributed by atoms with Gasteiger partial charge < -0.3 is 10.6 Å². The van der Waals surface area contributed by atoms with Gasteiger partial charge in [0.2, 0.25) is 5.91 Å². The summed E-state index contributed by atoms with van der Waals surface area (Å²) in [7, 11) is -3.01. The highest BCUT2D eigenvalue weighted by Gasteiger charge is 2.33. The highest BCUT2D eigenvalue weighted by molar-refractivity contribution is 7.91. The van der Waals surface area contributed by atoms with Crippen molar-refractivity contribution < 1.29 is 13.2 Å². The molecule has 2 aliphatic heterocycles. The number of carbonyl (C=O) groups excluding carboxylic acids is 1. The first kappa shape index (κ1) is 14.5. The van der Waals surface area contributed by atoms with Crippen LogP contribution in [0.4, 0.5) is 0 Å². The average molecular weight is 308 g/mol. The van der Waals surface area contributed by atoms with E-state index < -0.39 is 9.84 Å². The van der Waals surface area contributed by atoms with Crippen molar-refractivity contribution in [2.45, 2.75) is 18.9 Å². The molecule has 1 fully saturated rings. The van der Waals surface area contributed by atoms with Crippen LogP contribution in [0.15, 0.2) is 24.3 Å². The maximum atomic E-state index is 12.1. The maximum Gasteiger partial charge on any atom is 0.224 e. The molecule has 1 aromatic carbocycles. The van der Waals surface area contributed by atoms with E-state index in [4.69, 9.17) is 0 Å². The lowest BCUT2D eigenvalue weighted by molar-refractivity contribution is -0.124. The molecular weight excluding hydrogens is 288 g/mol. The van der Waals surface area contributed by atoms with Crippen molar-refractivity contribution in [1.82, 2.24) is 10.6 Å². The zero-order valence-electron chi connectivity index (χ0n) is 11.8. The first-order valence-electron chi connectivity index (χ1n) is 7.34. The van der Waals surface area contributed by atoms with Gasteiger partial charge in [-0.1, -0.05) is 24.3 Å². The molecule has 1 saturated heterocycles. The molecular formula is C15H20N2O3S. The lowest BCUT2D eigenvalue weighted by Gasteiger charge is -2.27. The van der Waals surface area contributed by atoms with E-state index in [0.717, 1.165) is 13.0 Å². The molecule has 2 atom stereocenters. The number of hydrogen-bond acceptors (Lipinski definition) is 4. The Bertz CT molecular complexity index is 642. The third kappa shape index (κ3) is 3.27. The Morgan fingerprint density at radius 3 is 2.90 bits per heavy atom. The van der Waals surface area contributed by atoms with Gasteiger partial charge in [-0.15, -0.1) is 0 Å². The van der Waals surface area contributed by atoms with Crippen LogP contribution >= 0.6 is 0 Å². The van der Waals surface area contributed by atoms with Gasteiger partial charge in [0, 0.05) is 12.6 Å². The number of benzene rings is 1. The van der Waals surface area contributed by atoms with E-state index in [1.54, 1.807) is 0 Å². The Balaban J connectivity index is 1.60. The molecule has 2 aliphatic rings. The molecule has 0 radical (unpaired) electrons. The zero-order chi connectivity index (χ0) is 14.9. The van der Waals surface area contributed by atoms with Gasteiger partial charge in [-0.3, -0.25) is 4.79 Å². The SMILES string of the molecule is O=C(NC[C@H]1NCCc2ccccc21)[C@@H]1CCS(=O)(=O)C1. The van der Waals surface area contributed by atoms with Crippen molar-refractivity contribution in [3.05, 3.63) is 35.4 Å². The van der Waals surface area contributed by atoms with Crippen molar-refractivity contribution in [2.75, 3.05) is 24.6 Å². The second kappa shape index (κ2) is 5.77. The largest absolute Gasteiger partial charge is 0.354 e. The topological polar surface area (TPSA) is 75.3 Å². The van der Waals surface area contributed by atoms with Gasteiger partial charge in [0.25, 0.3) is 0 Å². The van der Waals surface area contributed by atoms with Crippen LogP contribution in [-0.2, 0) is 21.1 Å². The van der Waals surface area contributed by atoms with Gasteiger partial charge in [0.05, 0.1) is 17.4 Å². The smallest absolute Gasteiger partial charge is 0.224 e. The third-order valence-electron chi connectivity index (χ3n) is 4.30. The van der Waals surface area contributed by atoms with Gasteiger partial charge in [0.15, 0.2) is 9.84 Å². The summed E-state index contributed by atoms with van der Waals surface area (Å²) >= 11 is 0.